The molecule has 0 aromatic heterocycles. The third kappa shape index (κ3) is 5.38. The molecule has 4 nitrogen and oxygen atoms in total. The molecule has 0 aliphatic heterocycles. The van der Waals surface area contributed by atoms with Crippen molar-refractivity contribution in [3.05, 3.63) is 35.9 Å². The van der Waals surface area contributed by atoms with Crippen LogP contribution in [0.2, 0.25) is 0 Å². The van der Waals surface area contributed by atoms with E-state index in [1.165, 1.54) is 5.56 Å². The molecule has 2 atom stereocenters. The standard InChI is InChI=1S/C17H28N2O2/c1-5-15(19-16(21)18-12-11-13(2)20)17(3,4)14-9-7-6-8-10-14/h6-10,13,15,20H,5,11-12H2,1-4H3,(H2,18,19,21). The number of carbonyl (C=O) groups excluding carboxylic acids is 1. The number of hydrogen-bond acceptors (Lipinski definition) is 2. The van der Waals surface area contributed by atoms with Crippen LogP contribution >= 0.6 is 0 Å². The van der Waals surface area contributed by atoms with Crippen molar-refractivity contribution in [2.24, 2.45) is 0 Å². The van der Waals surface area contributed by atoms with Gasteiger partial charge in [-0.2, -0.15) is 0 Å². The van der Waals surface area contributed by atoms with Crippen molar-refractivity contribution in [1.29, 1.82) is 0 Å². The maximum absolute atomic E-state index is 12.0. The predicted octanol–water partition coefficient (Wildman–Crippen LogP) is 2.81. The van der Waals surface area contributed by atoms with Crippen molar-refractivity contribution < 1.29 is 9.90 Å². The summed E-state index contributed by atoms with van der Waals surface area (Å²) in [5.74, 6) is 0. The summed E-state index contributed by atoms with van der Waals surface area (Å²) in [5.41, 5.74) is 1.07. The van der Waals surface area contributed by atoms with Crippen LogP contribution in [0, 0.1) is 0 Å². The zero-order valence-electron chi connectivity index (χ0n) is 13.5. The zero-order chi connectivity index (χ0) is 15.9. The Balaban J connectivity index is 2.63. The summed E-state index contributed by atoms with van der Waals surface area (Å²) in [6.07, 6.45) is 1.02. The van der Waals surface area contributed by atoms with Gasteiger partial charge in [-0.15, -0.1) is 0 Å². The van der Waals surface area contributed by atoms with Gasteiger partial charge < -0.3 is 15.7 Å². The molecule has 0 aliphatic carbocycles. The minimum Gasteiger partial charge on any atom is -0.393 e. The Hall–Kier alpha value is -1.55. The minimum absolute atomic E-state index is 0.0476. The van der Waals surface area contributed by atoms with Crippen LogP contribution in [-0.2, 0) is 5.41 Å². The van der Waals surface area contributed by atoms with Crippen molar-refractivity contribution in [3.8, 4) is 0 Å². The van der Waals surface area contributed by atoms with E-state index in [1.807, 2.05) is 18.2 Å². The van der Waals surface area contributed by atoms with Crippen molar-refractivity contribution in [3.63, 3.8) is 0 Å². The normalized spacial score (nSPS) is 14.3. The first-order chi connectivity index (χ1) is 9.87. The molecule has 3 N–H and O–H groups in total. The number of carbonyl (C=O) groups is 1. The van der Waals surface area contributed by atoms with Crippen LogP contribution in [0.15, 0.2) is 30.3 Å². The highest BCUT2D eigenvalue weighted by atomic mass is 16.3. The lowest BCUT2D eigenvalue weighted by atomic mass is 9.76. The molecule has 1 aromatic carbocycles. The third-order valence-corrected chi connectivity index (χ3v) is 3.95. The van der Waals surface area contributed by atoms with Gasteiger partial charge in [0.2, 0.25) is 0 Å². The zero-order valence-corrected chi connectivity index (χ0v) is 13.5. The number of urea groups is 1. The van der Waals surface area contributed by atoms with Crippen LogP contribution in [-0.4, -0.2) is 29.8 Å². The topological polar surface area (TPSA) is 61.4 Å². The molecule has 0 radical (unpaired) electrons. The fraction of sp³-hybridized carbons (Fsp3) is 0.588. The Kier molecular flexibility index (Phi) is 6.69. The summed E-state index contributed by atoms with van der Waals surface area (Å²) in [6.45, 7) is 8.56. The third-order valence-electron chi connectivity index (χ3n) is 3.95. The summed E-state index contributed by atoms with van der Waals surface area (Å²) in [6, 6.07) is 10.1. The smallest absolute Gasteiger partial charge is 0.315 e. The van der Waals surface area contributed by atoms with Gasteiger partial charge in [-0.05, 0) is 25.3 Å². The van der Waals surface area contributed by atoms with Crippen LogP contribution in [0.5, 0.6) is 0 Å². The van der Waals surface area contributed by atoms with Crippen molar-refractivity contribution >= 4 is 6.03 Å². The summed E-state index contributed by atoms with van der Waals surface area (Å²) >= 11 is 0. The Morgan fingerprint density at radius 1 is 1.29 bits per heavy atom. The van der Waals surface area contributed by atoms with E-state index in [0.29, 0.717) is 13.0 Å². The number of rotatable bonds is 7. The summed E-state index contributed by atoms with van der Waals surface area (Å²) < 4.78 is 0. The van der Waals surface area contributed by atoms with E-state index in [9.17, 15) is 9.90 Å². The monoisotopic (exact) mass is 292 g/mol. The average molecular weight is 292 g/mol. The Morgan fingerprint density at radius 3 is 2.43 bits per heavy atom. The highest BCUT2D eigenvalue weighted by molar-refractivity contribution is 5.74. The van der Waals surface area contributed by atoms with Gasteiger partial charge in [-0.25, -0.2) is 4.79 Å². The minimum atomic E-state index is -0.395. The van der Waals surface area contributed by atoms with Crippen LogP contribution in [0.1, 0.15) is 46.1 Å². The number of aliphatic hydroxyl groups is 1. The number of aliphatic hydroxyl groups excluding tert-OH is 1. The molecule has 0 bridgehead atoms. The van der Waals surface area contributed by atoms with Crippen LogP contribution in [0.4, 0.5) is 4.79 Å². The first-order valence-electron chi connectivity index (χ1n) is 7.65. The van der Waals surface area contributed by atoms with Crippen molar-refractivity contribution in [1.82, 2.24) is 10.6 Å². The van der Waals surface area contributed by atoms with Gasteiger partial charge in [0, 0.05) is 18.0 Å². The van der Waals surface area contributed by atoms with E-state index >= 15 is 0 Å². The van der Waals surface area contributed by atoms with E-state index in [4.69, 9.17) is 0 Å². The van der Waals surface area contributed by atoms with E-state index < -0.39 is 6.10 Å². The molecule has 0 saturated carbocycles. The van der Waals surface area contributed by atoms with Crippen molar-refractivity contribution in [2.45, 2.75) is 58.1 Å². The molecule has 1 rings (SSSR count). The molecule has 0 fully saturated rings. The molecule has 4 heteroatoms. The number of benzene rings is 1. The van der Waals surface area contributed by atoms with Gasteiger partial charge in [0.05, 0.1) is 6.10 Å². The molecule has 0 aliphatic rings. The summed E-state index contributed by atoms with van der Waals surface area (Å²) in [7, 11) is 0. The number of nitrogens with one attached hydrogen (secondary N) is 2. The average Bonchev–Trinajstić information content (AvgIpc) is 2.45. The maximum atomic E-state index is 12.0. The van der Waals surface area contributed by atoms with Crippen molar-refractivity contribution in [2.75, 3.05) is 6.54 Å². The molecule has 2 amide bonds. The molecule has 2 unspecified atom stereocenters. The first kappa shape index (κ1) is 17.5. The van der Waals surface area contributed by atoms with Gasteiger partial charge in [0.25, 0.3) is 0 Å². The van der Waals surface area contributed by atoms with Gasteiger partial charge >= 0.3 is 6.03 Å². The van der Waals surface area contributed by atoms with E-state index in [1.54, 1.807) is 6.92 Å². The Bertz CT molecular complexity index is 430. The largest absolute Gasteiger partial charge is 0.393 e. The summed E-state index contributed by atoms with van der Waals surface area (Å²) in [5, 5.41) is 15.0. The highest BCUT2D eigenvalue weighted by Gasteiger charge is 2.31. The Labute approximate surface area is 128 Å². The first-order valence-corrected chi connectivity index (χ1v) is 7.65. The summed E-state index contributed by atoms with van der Waals surface area (Å²) in [4.78, 5) is 12.0. The van der Waals surface area contributed by atoms with E-state index in [-0.39, 0.29) is 17.5 Å². The second kappa shape index (κ2) is 8.03. The fourth-order valence-corrected chi connectivity index (χ4v) is 2.47. The van der Waals surface area contributed by atoms with E-state index in [2.05, 4.69) is 43.5 Å². The van der Waals surface area contributed by atoms with Gasteiger partial charge in [-0.3, -0.25) is 0 Å². The highest BCUT2D eigenvalue weighted by Crippen LogP contribution is 2.28. The van der Waals surface area contributed by atoms with Crippen LogP contribution < -0.4 is 10.6 Å². The maximum Gasteiger partial charge on any atom is 0.315 e. The number of hydrogen-bond donors (Lipinski definition) is 3. The molecular weight excluding hydrogens is 264 g/mol. The quantitative estimate of drug-likeness (QED) is 0.723. The Morgan fingerprint density at radius 2 is 1.90 bits per heavy atom. The second-order valence-corrected chi connectivity index (χ2v) is 6.09. The lowest BCUT2D eigenvalue weighted by Gasteiger charge is -2.35. The van der Waals surface area contributed by atoms with Crippen LogP contribution in [0.3, 0.4) is 0 Å². The second-order valence-electron chi connectivity index (χ2n) is 6.09. The molecule has 0 saturated heterocycles. The lowest BCUT2D eigenvalue weighted by Crippen LogP contribution is -2.50. The molecule has 21 heavy (non-hydrogen) atoms. The van der Waals surface area contributed by atoms with E-state index in [0.717, 1.165) is 6.42 Å². The molecule has 0 spiro atoms. The fourth-order valence-electron chi connectivity index (χ4n) is 2.47. The van der Waals surface area contributed by atoms with Gasteiger partial charge in [0.15, 0.2) is 0 Å². The van der Waals surface area contributed by atoms with Crippen LogP contribution in [0.25, 0.3) is 0 Å². The number of amides is 2. The lowest BCUT2D eigenvalue weighted by molar-refractivity contribution is 0.182. The molecule has 0 heterocycles. The molecule has 1 aromatic rings. The van der Waals surface area contributed by atoms with Gasteiger partial charge in [0.1, 0.15) is 0 Å². The molecule has 118 valence electrons. The van der Waals surface area contributed by atoms with Gasteiger partial charge in [-0.1, -0.05) is 51.1 Å². The molecular formula is C17H28N2O2. The SMILES string of the molecule is CCC(NC(=O)NCCC(C)O)C(C)(C)c1ccccc1. The predicted molar refractivity (Wildman–Crippen MR) is 86.4 cm³/mol.